The van der Waals surface area contributed by atoms with E-state index in [9.17, 15) is 9.18 Å². The van der Waals surface area contributed by atoms with Gasteiger partial charge in [0.25, 0.3) is 0 Å². The summed E-state index contributed by atoms with van der Waals surface area (Å²) < 4.78 is 18.1. The summed E-state index contributed by atoms with van der Waals surface area (Å²) in [5.41, 5.74) is 6.78. The third-order valence-corrected chi connectivity index (χ3v) is 3.22. The van der Waals surface area contributed by atoms with Gasteiger partial charge >= 0.3 is 5.97 Å². The summed E-state index contributed by atoms with van der Waals surface area (Å²) in [5, 5.41) is 0.348. The zero-order valence-corrected chi connectivity index (χ0v) is 11.7. The molecule has 0 aliphatic heterocycles. The standard InChI is InChI=1S/C14H10Cl2FNO2/c15-10-3-2-9(6-13(10)18)14(19)20-7-8-1-4-12(17)11(16)5-8/h1-6H,7,18H2. The third-order valence-electron chi connectivity index (χ3n) is 2.59. The maximum atomic E-state index is 13.0. The fraction of sp³-hybridized carbons (Fsp3) is 0.0714. The number of carbonyl (C=O) groups excluding carboxylic acids is 1. The summed E-state index contributed by atoms with van der Waals surface area (Å²) >= 11 is 11.4. The lowest BCUT2D eigenvalue weighted by Crippen LogP contribution is -2.06. The van der Waals surface area contributed by atoms with Crippen LogP contribution in [0.4, 0.5) is 10.1 Å². The first-order valence-electron chi connectivity index (χ1n) is 5.63. The van der Waals surface area contributed by atoms with Crippen molar-refractivity contribution in [1.29, 1.82) is 0 Å². The van der Waals surface area contributed by atoms with Crippen molar-refractivity contribution in [2.24, 2.45) is 0 Å². The van der Waals surface area contributed by atoms with Gasteiger partial charge in [-0.1, -0.05) is 29.3 Å². The molecule has 2 aromatic rings. The molecule has 0 unspecified atom stereocenters. The Labute approximate surface area is 125 Å². The number of nitrogen functional groups attached to an aromatic ring is 1. The van der Waals surface area contributed by atoms with Gasteiger partial charge in [-0.15, -0.1) is 0 Å². The first-order chi connectivity index (χ1) is 9.47. The summed E-state index contributed by atoms with van der Waals surface area (Å²) in [5.74, 6) is -1.07. The minimum atomic E-state index is -0.547. The average molecular weight is 314 g/mol. The SMILES string of the molecule is Nc1cc(C(=O)OCc2ccc(F)c(Cl)c2)ccc1Cl. The molecule has 0 amide bonds. The largest absolute Gasteiger partial charge is 0.457 e. The highest BCUT2D eigenvalue weighted by atomic mass is 35.5. The van der Waals surface area contributed by atoms with Crippen molar-refractivity contribution in [3.63, 3.8) is 0 Å². The molecule has 0 bridgehead atoms. The number of rotatable bonds is 3. The van der Waals surface area contributed by atoms with Crippen molar-refractivity contribution in [2.75, 3.05) is 5.73 Å². The molecule has 0 radical (unpaired) electrons. The zero-order chi connectivity index (χ0) is 14.7. The van der Waals surface area contributed by atoms with Crippen LogP contribution in [0.25, 0.3) is 0 Å². The molecule has 104 valence electrons. The van der Waals surface area contributed by atoms with Crippen molar-refractivity contribution >= 4 is 34.9 Å². The van der Waals surface area contributed by atoms with Crippen molar-refractivity contribution < 1.29 is 13.9 Å². The van der Waals surface area contributed by atoms with Crippen molar-refractivity contribution in [3.8, 4) is 0 Å². The van der Waals surface area contributed by atoms with Crippen LogP contribution in [0.2, 0.25) is 10.0 Å². The predicted molar refractivity (Wildman–Crippen MR) is 76.4 cm³/mol. The van der Waals surface area contributed by atoms with E-state index in [-0.39, 0.29) is 11.6 Å². The average Bonchev–Trinajstić information content (AvgIpc) is 2.43. The van der Waals surface area contributed by atoms with Gasteiger partial charge in [-0.25, -0.2) is 9.18 Å². The van der Waals surface area contributed by atoms with Crippen LogP contribution in [0.1, 0.15) is 15.9 Å². The number of nitrogens with two attached hydrogens (primary N) is 1. The number of esters is 1. The Morgan fingerprint density at radius 3 is 2.55 bits per heavy atom. The molecule has 0 aliphatic rings. The fourth-order valence-corrected chi connectivity index (χ4v) is 1.85. The lowest BCUT2D eigenvalue weighted by molar-refractivity contribution is 0.0473. The van der Waals surface area contributed by atoms with E-state index in [4.69, 9.17) is 33.7 Å². The highest BCUT2D eigenvalue weighted by molar-refractivity contribution is 6.33. The topological polar surface area (TPSA) is 52.3 Å². The summed E-state index contributed by atoms with van der Waals surface area (Å²) in [6.45, 7) is -0.0125. The molecule has 0 atom stereocenters. The number of hydrogen-bond acceptors (Lipinski definition) is 3. The van der Waals surface area contributed by atoms with Gasteiger partial charge in [0.05, 0.1) is 21.3 Å². The van der Waals surface area contributed by atoms with Crippen molar-refractivity contribution in [1.82, 2.24) is 0 Å². The monoisotopic (exact) mass is 313 g/mol. The maximum absolute atomic E-state index is 13.0. The van der Waals surface area contributed by atoms with E-state index in [0.29, 0.717) is 21.8 Å². The number of hydrogen-bond donors (Lipinski definition) is 1. The highest BCUT2D eigenvalue weighted by Gasteiger charge is 2.10. The van der Waals surface area contributed by atoms with E-state index in [1.807, 2.05) is 0 Å². The van der Waals surface area contributed by atoms with Gasteiger partial charge in [0.2, 0.25) is 0 Å². The zero-order valence-electron chi connectivity index (χ0n) is 10.2. The Hall–Kier alpha value is -1.78. The molecule has 2 aromatic carbocycles. The summed E-state index contributed by atoms with van der Waals surface area (Å²) in [7, 11) is 0. The fourth-order valence-electron chi connectivity index (χ4n) is 1.53. The second-order valence-electron chi connectivity index (χ2n) is 4.06. The smallest absolute Gasteiger partial charge is 0.338 e. The Morgan fingerprint density at radius 1 is 1.15 bits per heavy atom. The molecule has 0 saturated heterocycles. The van der Waals surface area contributed by atoms with E-state index < -0.39 is 11.8 Å². The van der Waals surface area contributed by atoms with Crippen LogP contribution in [0.15, 0.2) is 36.4 Å². The number of ether oxygens (including phenoxy) is 1. The maximum Gasteiger partial charge on any atom is 0.338 e. The number of halogens is 3. The van der Waals surface area contributed by atoms with Gasteiger partial charge in [-0.05, 0) is 35.9 Å². The Morgan fingerprint density at radius 2 is 1.90 bits per heavy atom. The van der Waals surface area contributed by atoms with Crippen molar-refractivity contribution in [3.05, 3.63) is 63.4 Å². The molecule has 3 nitrogen and oxygen atoms in total. The molecule has 0 fully saturated rings. The molecule has 0 heterocycles. The Kier molecular flexibility index (Phi) is 4.47. The van der Waals surface area contributed by atoms with E-state index in [0.717, 1.165) is 0 Å². The highest BCUT2D eigenvalue weighted by Crippen LogP contribution is 2.21. The first-order valence-corrected chi connectivity index (χ1v) is 6.39. The normalized spacial score (nSPS) is 10.3. The van der Waals surface area contributed by atoms with Crippen LogP contribution in [-0.4, -0.2) is 5.97 Å². The minimum Gasteiger partial charge on any atom is -0.457 e. The lowest BCUT2D eigenvalue weighted by Gasteiger charge is -2.07. The molecule has 0 aromatic heterocycles. The van der Waals surface area contributed by atoms with Crippen LogP contribution in [0.3, 0.4) is 0 Å². The van der Waals surface area contributed by atoms with Crippen molar-refractivity contribution in [2.45, 2.75) is 6.61 Å². The molecule has 0 aliphatic carbocycles. The van der Waals surface area contributed by atoms with Crippen LogP contribution in [-0.2, 0) is 11.3 Å². The van der Waals surface area contributed by atoms with Gasteiger partial charge < -0.3 is 10.5 Å². The first kappa shape index (κ1) is 14.6. The van der Waals surface area contributed by atoms with Crippen LogP contribution in [0.5, 0.6) is 0 Å². The van der Waals surface area contributed by atoms with E-state index in [1.165, 1.54) is 36.4 Å². The third kappa shape index (κ3) is 3.40. The molecule has 2 rings (SSSR count). The summed E-state index contributed by atoms with van der Waals surface area (Å²) in [6, 6.07) is 8.57. The van der Waals surface area contributed by atoms with E-state index in [1.54, 1.807) is 0 Å². The van der Waals surface area contributed by atoms with E-state index >= 15 is 0 Å². The lowest BCUT2D eigenvalue weighted by atomic mass is 10.2. The summed E-state index contributed by atoms with van der Waals surface area (Å²) in [6.07, 6.45) is 0. The molecular weight excluding hydrogens is 304 g/mol. The van der Waals surface area contributed by atoms with Crippen LogP contribution >= 0.6 is 23.2 Å². The Balaban J connectivity index is 2.04. The molecule has 0 spiro atoms. The predicted octanol–water partition coefficient (Wildman–Crippen LogP) is 4.07. The second kappa shape index (κ2) is 6.11. The number of benzene rings is 2. The molecule has 6 heteroatoms. The van der Waals surface area contributed by atoms with Gasteiger partial charge in [0.15, 0.2) is 0 Å². The van der Waals surface area contributed by atoms with Gasteiger partial charge in [0, 0.05) is 0 Å². The molecule has 20 heavy (non-hydrogen) atoms. The summed E-state index contributed by atoms with van der Waals surface area (Å²) in [4.78, 5) is 11.8. The molecular formula is C14H10Cl2FNO2. The van der Waals surface area contributed by atoms with Gasteiger partial charge in [0.1, 0.15) is 12.4 Å². The van der Waals surface area contributed by atoms with Crippen LogP contribution in [0, 0.1) is 5.82 Å². The van der Waals surface area contributed by atoms with Crippen LogP contribution < -0.4 is 5.73 Å². The Bertz CT molecular complexity index is 662. The number of anilines is 1. The second-order valence-corrected chi connectivity index (χ2v) is 4.88. The molecule has 2 N–H and O–H groups in total. The number of carbonyl (C=O) groups is 1. The quantitative estimate of drug-likeness (QED) is 0.686. The molecule has 0 saturated carbocycles. The van der Waals surface area contributed by atoms with Gasteiger partial charge in [-0.2, -0.15) is 0 Å². The minimum absolute atomic E-state index is 0.0125. The van der Waals surface area contributed by atoms with E-state index in [2.05, 4.69) is 0 Å². The van der Waals surface area contributed by atoms with Gasteiger partial charge in [-0.3, -0.25) is 0 Å².